The molecule has 0 saturated heterocycles. The summed E-state index contributed by atoms with van der Waals surface area (Å²) < 4.78 is 5.49. The first-order chi connectivity index (χ1) is 44.0. The van der Waals surface area contributed by atoms with E-state index in [1.54, 1.807) is 6.08 Å². The van der Waals surface area contributed by atoms with E-state index >= 15 is 0 Å². The molecule has 0 saturated carbocycles. The number of esters is 1. The SMILES string of the molecule is CCCCCCCC/C=C\CCCCCCCC(=O)OCCCCCCCCCCC/C=C\C/C=C\CCCCCCCCCCCCCCCCCCCC(=O)NC(CO)C(O)/C=C/CCCCCCCCCCCCCCCCCCCCCCCC. The number of aliphatic hydroxyl groups excluding tert-OH is 2. The van der Waals surface area contributed by atoms with Crippen LogP contribution < -0.4 is 5.32 Å². The lowest BCUT2D eigenvalue weighted by atomic mass is 10.0. The molecule has 0 heterocycles. The van der Waals surface area contributed by atoms with Crippen molar-refractivity contribution in [2.75, 3.05) is 13.2 Å². The summed E-state index contributed by atoms with van der Waals surface area (Å²) in [5.41, 5.74) is 0. The van der Waals surface area contributed by atoms with Crippen molar-refractivity contribution < 1.29 is 24.5 Å². The van der Waals surface area contributed by atoms with Gasteiger partial charge in [-0.05, 0) is 89.9 Å². The monoisotopic (exact) mass is 1250 g/mol. The Morgan fingerprint density at radius 2 is 0.562 bits per heavy atom. The molecule has 3 N–H and O–H groups in total. The summed E-state index contributed by atoms with van der Waals surface area (Å²) in [4.78, 5) is 24.6. The summed E-state index contributed by atoms with van der Waals surface area (Å²) in [6.45, 7) is 4.94. The van der Waals surface area contributed by atoms with E-state index in [1.165, 1.54) is 366 Å². The topological polar surface area (TPSA) is 95.9 Å². The van der Waals surface area contributed by atoms with Gasteiger partial charge in [0.2, 0.25) is 5.91 Å². The fourth-order valence-electron chi connectivity index (χ4n) is 12.7. The summed E-state index contributed by atoms with van der Waals surface area (Å²) in [5, 5.41) is 23.3. The maximum atomic E-state index is 12.6. The summed E-state index contributed by atoms with van der Waals surface area (Å²) in [6.07, 6.45) is 104. The van der Waals surface area contributed by atoms with Gasteiger partial charge in [-0.15, -0.1) is 0 Å². The van der Waals surface area contributed by atoms with Crippen molar-refractivity contribution in [3.8, 4) is 0 Å². The maximum Gasteiger partial charge on any atom is 0.305 e. The molecule has 6 heteroatoms. The molecule has 0 spiro atoms. The van der Waals surface area contributed by atoms with Crippen LogP contribution in [-0.2, 0) is 14.3 Å². The van der Waals surface area contributed by atoms with Gasteiger partial charge in [-0.2, -0.15) is 0 Å². The highest BCUT2D eigenvalue weighted by Crippen LogP contribution is 2.19. The fourth-order valence-corrected chi connectivity index (χ4v) is 12.7. The van der Waals surface area contributed by atoms with Gasteiger partial charge in [0.25, 0.3) is 0 Å². The van der Waals surface area contributed by atoms with Gasteiger partial charge >= 0.3 is 5.97 Å². The number of ether oxygens (including phenoxy) is 1. The van der Waals surface area contributed by atoms with Crippen LogP contribution in [0, 0.1) is 0 Å². The summed E-state index contributed by atoms with van der Waals surface area (Å²) in [6, 6.07) is -0.629. The maximum absolute atomic E-state index is 12.6. The number of hydrogen-bond donors (Lipinski definition) is 3. The quantitative estimate of drug-likeness (QED) is 0.0320. The van der Waals surface area contributed by atoms with Crippen LogP contribution in [0.2, 0.25) is 0 Å². The average Bonchev–Trinajstić information content (AvgIpc) is 3.63. The highest BCUT2D eigenvalue weighted by molar-refractivity contribution is 5.76. The highest BCUT2D eigenvalue weighted by atomic mass is 16.5. The van der Waals surface area contributed by atoms with Crippen molar-refractivity contribution in [3.05, 3.63) is 48.6 Å². The van der Waals surface area contributed by atoms with E-state index in [1.807, 2.05) is 6.08 Å². The number of unbranched alkanes of at least 4 members (excludes halogenated alkanes) is 59. The van der Waals surface area contributed by atoms with Crippen LogP contribution in [0.15, 0.2) is 48.6 Å². The molecule has 2 atom stereocenters. The third-order valence-electron chi connectivity index (χ3n) is 18.8. The van der Waals surface area contributed by atoms with Gasteiger partial charge in [0.1, 0.15) is 0 Å². The van der Waals surface area contributed by atoms with Gasteiger partial charge in [0.05, 0.1) is 25.4 Å². The Bertz CT molecular complexity index is 1490. The van der Waals surface area contributed by atoms with Crippen LogP contribution >= 0.6 is 0 Å². The normalized spacial score (nSPS) is 12.7. The Kier molecular flexibility index (Phi) is 76.3. The van der Waals surface area contributed by atoms with E-state index in [0.29, 0.717) is 19.4 Å². The predicted molar refractivity (Wildman–Crippen MR) is 393 cm³/mol. The highest BCUT2D eigenvalue weighted by Gasteiger charge is 2.18. The minimum Gasteiger partial charge on any atom is -0.466 e. The molecule has 0 aliphatic rings. The van der Waals surface area contributed by atoms with E-state index in [0.717, 1.165) is 51.4 Å². The third-order valence-corrected chi connectivity index (χ3v) is 18.8. The molecule has 2 unspecified atom stereocenters. The van der Waals surface area contributed by atoms with Crippen molar-refractivity contribution >= 4 is 11.9 Å². The van der Waals surface area contributed by atoms with E-state index in [4.69, 9.17) is 4.74 Å². The molecule has 6 nitrogen and oxygen atoms in total. The van der Waals surface area contributed by atoms with Crippen LogP contribution in [-0.4, -0.2) is 47.4 Å². The molecule has 0 radical (unpaired) electrons. The zero-order chi connectivity index (χ0) is 64.2. The molecule has 0 aromatic rings. The molecule has 0 aliphatic heterocycles. The first kappa shape index (κ1) is 86.8. The first-order valence-corrected chi connectivity index (χ1v) is 40.4. The molecule has 0 fully saturated rings. The third kappa shape index (κ3) is 74.7. The van der Waals surface area contributed by atoms with Crippen LogP contribution in [0.4, 0.5) is 0 Å². The lowest BCUT2D eigenvalue weighted by Crippen LogP contribution is -2.45. The molecular formula is C83H157NO5. The number of carbonyl (C=O) groups excluding carboxylic acids is 2. The Morgan fingerprint density at radius 3 is 0.865 bits per heavy atom. The number of rotatable bonds is 76. The fraction of sp³-hybridized carbons (Fsp3) is 0.880. The van der Waals surface area contributed by atoms with Gasteiger partial charge in [0.15, 0.2) is 0 Å². The molecular weight excluding hydrogens is 1090 g/mol. The van der Waals surface area contributed by atoms with Crippen molar-refractivity contribution in [1.29, 1.82) is 0 Å². The number of allylic oxidation sites excluding steroid dienone is 7. The van der Waals surface area contributed by atoms with E-state index in [2.05, 4.69) is 55.6 Å². The number of carbonyl (C=O) groups is 2. The van der Waals surface area contributed by atoms with Gasteiger partial charge < -0.3 is 20.3 Å². The molecule has 0 bridgehead atoms. The van der Waals surface area contributed by atoms with Crippen molar-refractivity contribution in [3.63, 3.8) is 0 Å². The molecule has 1 amide bonds. The van der Waals surface area contributed by atoms with E-state index < -0.39 is 12.1 Å². The zero-order valence-corrected chi connectivity index (χ0v) is 60.2. The lowest BCUT2D eigenvalue weighted by Gasteiger charge is -2.20. The van der Waals surface area contributed by atoms with Gasteiger partial charge in [0, 0.05) is 12.8 Å². The lowest BCUT2D eigenvalue weighted by molar-refractivity contribution is -0.143. The van der Waals surface area contributed by atoms with Crippen molar-refractivity contribution in [1.82, 2.24) is 5.32 Å². The molecule has 0 aromatic heterocycles. The Balaban J connectivity index is 3.41. The van der Waals surface area contributed by atoms with E-state index in [9.17, 15) is 19.8 Å². The first-order valence-electron chi connectivity index (χ1n) is 40.4. The number of aliphatic hydroxyl groups is 2. The smallest absolute Gasteiger partial charge is 0.305 e. The Hall–Kier alpha value is -2.18. The van der Waals surface area contributed by atoms with Crippen LogP contribution in [0.1, 0.15) is 444 Å². The average molecular weight is 1250 g/mol. The Morgan fingerprint density at radius 1 is 0.315 bits per heavy atom. The van der Waals surface area contributed by atoms with Crippen LogP contribution in [0.25, 0.3) is 0 Å². The van der Waals surface area contributed by atoms with E-state index in [-0.39, 0.29) is 18.5 Å². The largest absolute Gasteiger partial charge is 0.466 e. The second kappa shape index (κ2) is 78.3. The van der Waals surface area contributed by atoms with Gasteiger partial charge in [-0.3, -0.25) is 9.59 Å². The van der Waals surface area contributed by atoms with Gasteiger partial charge in [-0.1, -0.05) is 390 Å². The minimum absolute atomic E-state index is 0.00652. The number of hydrogen-bond acceptors (Lipinski definition) is 5. The predicted octanol–water partition coefficient (Wildman–Crippen LogP) is 26.8. The summed E-state index contributed by atoms with van der Waals surface area (Å²) >= 11 is 0. The van der Waals surface area contributed by atoms with Crippen LogP contribution in [0.3, 0.4) is 0 Å². The second-order valence-electron chi connectivity index (χ2n) is 27.7. The molecule has 0 rings (SSSR count). The summed E-state index contributed by atoms with van der Waals surface area (Å²) in [7, 11) is 0. The molecule has 0 aromatic carbocycles. The number of nitrogens with one attached hydrogen (secondary N) is 1. The van der Waals surface area contributed by atoms with Crippen molar-refractivity contribution in [2.45, 2.75) is 456 Å². The Labute approximate surface area is 556 Å². The van der Waals surface area contributed by atoms with Crippen LogP contribution in [0.5, 0.6) is 0 Å². The molecule has 0 aliphatic carbocycles. The molecule has 89 heavy (non-hydrogen) atoms. The van der Waals surface area contributed by atoms with Gasteiger partial charge in [-0.25, -0.2) is 0 Å². The number of amides is 1. The standard InChI is InChI=1S/C83H157NO5/c1-3-5-7-9-11-13-15-17-19-20-21-22-23-35-38-41-44-48-51-55-59-63-67-71-75-81(86)80(79-85)84-82(87)76-72-68-64-60-56-52-49-45-42-39-36-33-31-29-27-25-24-26-28-30-32-34-37-40-43-46-50-54-58-62-66-70-74-78-89-83(88)77-73-69-65-61-57-53-47-18-16-14-12-10-8-6-4-2/h18,28,30,34,37,47,71,75,80-81,85-86H,3-17,19-27,29,31-33,35-36,38-46,48-70,72-74,76-79H2,1-2H3,(H,84,87)/b30-28-,37-34-,47-18-,75-71+. The second-order valence-corrected chi connectivity index (χ2v) is 27.7. The summed E-state index contributed by atoms with van der Waals surface area (Å²) in [5.74, 6) is -0.0549. The van der Waals surface area contributed by atoms with Crippen molar-refractivity contribution in [2.24, 2.45) is 0 Å². The minimum atomic E-state index is -0.845. The molecule has 524 valence electrons. The zero-order valence-electron chi connectivity index (χ0n) is 60.2.